The molecule has 0 amide bonds. The number of thiazole rings is 1. The van der Waals surface area contributed by atoms with Gasteiger partial charge in [-0.15, -0.1) is 0 Å². The van der Waals surface area contributed by atoms with Gasteiger partial charge in [0.1, 0.15) is 5.52 Å². The third-order valence-electron chi connectivity index (χ3n) is 1.94. The molecule has 0 fully saturated rings. The van der Waals surface area contributed by atoms with E-state index >= 15 is 0 Å². The molecule has 0 atom stereocenters. The van der Waals surface area contributed by atoms with Crippen LogP contribution in [-0.4, -0.2) is 11.5 Å². The van der Waals surface area contributed by atoms with E-state index < -0.39 is 0 Å². The van der Waals surface area contributed by atoms with E-state index in [9.17, 15) is 0 Å². The van der Waals surface area contributed by atoms with Gasteiger partial charge in [-0.3, -0.25) is 0 Å². The van der Waals surface area contributed by atoms with Crippen molar-refractivity contribution in [3.05, 3.63) is 21.6 Å². The van der Waals surface area contributed by atoms with Crippen LogP contribution in [0, 0.1) is 0 Å². The van der Waals surface area contributed by atoms with Crippen LogP contribution in [0.1, 0.15) is 13.3 Å². The molecule has 1 heterocycles. The molecule has 0 saturated heterocycles. The molecule has 0 aliphatic heterocycles. The van der Waals surface area contributed by atoms with Crippen LogP contribution in [0.5, 0.6) is 0 Å². The van der Waals surface area contributed by atoms with E-state index in [1.165, 1.54) is 0 Å². The summed E-state index contributed by atoms with van der Waals surface area (Å²) in [6.45, 7) is 3.07. The smallest absolute Gasteiger partial charge is 0.183 e. The first-order valence-corrected chi connectivity index (χ1v) is 6.69. The summed E-state index contributed by atoms with van der Waals surface area (Å²) in [5.74, 6) is 0. The standard InChI is InChI=1S/C10H10BrClN2S/c1-2-3-13-10-14-9-7(12)4-6(11)5-8(9)15-10/h4-5H,2-3H2,1H3,(H,13,14). The number of hydrogen-bond acceptors (Lipinski definition) is 3. The third kappa shape index (κ3) is 2.44. The Labute approximate surface area is 106 Å². The molecule has 5 heteroatoms. The molecule has 80 valence electrons. The Morgan fingerprint density at radius 1 is 1.53 bits per heavy atom. The fourth-order valence-corrected chi connectivity index (χ4v) is 3.28. The zero-order chi connectivity index (χ0) is 10.8. The Kier molecular flexibility index (Phi) is 3.49. The highest BCUT2D eigenvalue weighted by Gasteiger charge is 2.07. The Balaban J connectivity index is 2.41. The second kappa shape index (κ2) is 4.68. The van der Waals surface area contributed by atoms with Crippen LogP contribution in [-0.2, 0) is 0 Å². The average Bonchev–Trinajstić information content (AvgIpc) is 2.57. The van der Waals surface area contributed by atoms with Crippen molar-refractivity contribution in [2.24, 2.45) is 0 Å². The molecule has 2 aromatic rings. The van der Waals surface area contributed by atoms with E-state index in [0.717, 1.165) is 32.8 Å². The number of anilines is 1. The van der Waals surface area contributed by atoms with Crippen LogP contribution in [0.25, 0.3) is 10.2 Å². The zero-order valence-corrected chi connectivity index (χ0v) is 11.3. The highest BCUT2D eigenvalue weighted by atomic mass is 79.9. The van der Waals surface area contributed by atoms with Gasteiger partial charge in [-0.05, 0) is 18.6 Å². The topological polar surface area (TPSA) is 24.9 Å². The van der Waals surface area contributed by atoms with Gasteiger partial charge in [-0.25, -0.2) is 4.98 Å². The average molecular weight is 306 g/mol. The van der Waals surface area contributed by atoms with Gasteiger partial charge in [-0.1, -0.05) is 45.8 Å². The number of rotatable bonds is 3. The second-order valence-electron chi connectivity index (χ2n) is 3.18. The summed E-state index contributed by atoms with van der Waals surface area (Å²) < 4.78 is 2.10. The molecule has 1 N–H and O–H groups in total. The summed E-state index contributed by atoms with van der Waals surface area (Å²) in [5.41, 5.74) is 0.878. The zero-order valence-electron chi connectivity index (χ0n) is 8.18. The molecule has 0 spiro atoms. The van der Waals surface area contributed by atoms with Crippen molar-refractivity contribution in [2.75, 3.05) is 11.9 Å². The molecule has 0 bridgehead atoms. The lowest BCUT2D eigenvalue weighted by molar-refractivity contribution is 0.977. The van der Waals surface area contributed by atoms with Crippen molar-refractivity contribution >= 4 is 54.2 Å². The molecule has 0 aliphatic rings. The molecule has 2 nitrogen and oxygen atoms in total. The van der Waals surface area contributed by atoms with E-state index in [2.05, 4.69) is 33.2 Å². The Hall–Kier alpha value is -0.320. The molecule has 2 rings (SSSR count). The Morgan fingerprint density at radius 2 is 2.33 bits per heavy atom. The third-order valence-corrected chi connectivity index (χ3v) is 3.65. The van der Waals surface area contributed by atoms with Crippen LogP contribution in [0.4, 0.5) is 5.13 Å². The lowest BCUT2D eigenvalue weighted by Gasteiger charge is -1.96. The predicted octanol–water partition coefficient (Wildman–Crippen LogP) is 4.53. The minimum Gasteiger partial charge on any atom is -0.361 e. The number of benzene rings is 1. The largest absolute Gasteiger partial charge is 0.361 e. The molecule has 1 aromatic heterocycles. The molecular formula is C10H10BrClN2S. The maximum Gasteiger partial charge on any atom is 0.183 e. The van der Waals surface area contributed by atoms with Gasteiger partial charge in [0, 0.05) is 11.0 Å². The van der Waals surface area contributed by atoms with Gasteiger partial charge in [0.15, 0.2) is 5.13 Å². The van der Waals surface area contributed by atoms with Gasteiger partial charge in [0.05, 0.1) is 9.72 Å². The second-order valence-corrected chi connectivity index (χ2v) is 5.53. The monoisotopic (exact) mass is 304 g/mol. The minimum absolute atomic E-state index is 0.695. The first-order valence-electron chi connectivity index (χ1n) is 4.70. The van der Waals surface area contributed by atoms with Gasteiger partial charge in [-0.2, -0.15) is 0 Å². The number of hydrogen-bond donors (Lipinski definition) is 1. The van der Waals surface area contributed by atoms with Crippen molar-refractivity contribution in [3.8, 4) is 0 Å². The lowest BCUT2D eigenvalue weighted by atomic mass is 10.3. The van der Waals surface area contributed by atoms with Gasteiger partial charge in [0.2, 0.25) is 0 Å². The number of nitrogens with one attached hydrogen (secondary N) is 1. The van der Waals surface area contributed by atoms with Crippen LogP contribution >= 0.6 is 38.9 Å². The number of halogens is 2. The Bertz CT molecular complexity index is 483. The minimum atomic E-state index is 0.695. The SMILES string of the molecule is CCCNc1nc2c(Cl)cc(Br)cc2s1. The summed E-state index contributed by atoms with van der Waals surface area (Å²) in [6, 6.07) is 3.91. The molecule has 0 aliphatic carbocycles. The van der Waals surface area contributed by atoms with Gasteiger partial charge >= 0.3 is 0 Å². The first-order chi connectivity index (χ1) is 7.20. The summed E-state index contributed by atoms with van der Waals surface area (Å²) in [5, 5.41) is 4.90. The van der Waals surface area contributed by atoms with Crippen molar-refractivity contribution in [1.82, 2.24) is 4.98 Å². The van der Waals surface area contributed by atoms with Crippen molar-refractivity contribution in [3.63, 3.8) is 0 Å². The van der Waals surface area contributed by atoms with Crippen LogP contribution in [0.15, 0.2) is 16.6 Å². The molecule has 1 aromatic carbocycles. The van der Waals surface area contributed by atoms with E-state index in [0.29, 0.717) is 5.02 Å². The number of aromatic nitrogens is 1. The lowest BCUT2D eigenvalue weighted by Crippen LogP contribution is -1.98. The summed E-state index contributed by atoms with van der Waals surface area (Å²) in [6.07, 6.45) is 1.09. The molecular weight excluding hydrogens is 296 g/mol. The fraction of sp³-hybridized carbons (Fsp3) is 0.300. The molecule has 0 saturated carbocycles. The molecule has 0 radical (unpaired) electrons. The Morgan fingerprint density at radius 3 is 3.07 bits per heavy atom. The first kappa shape index (κ1) is 11.2. The summed E-state index contributed by atoms with van der Waals surface area (Å²) in [4.78, 5) is 4.45. The number of fused-ring (bicyclic) bond motifs is 1. The van der Waals surface area contributed by atoms with Crippen LogP contribution in [0.2, 0.25) is 5.02 Å². The predicted molar refractivity (Wildman–Crippen MR) is 71.1 cm³/mol. The maximum absolute atomic E-state index is 6.10. The summed E-state index contributed by atoms with van der Waals surface area (Å²) >= 11 is 11.1. The highest BCUT2D eigenvalue weighted by molar-refractivity contribution is 9.10. The fourth-order valence-electron chi connectivity index (χ4n) is 1.26. The molecule has 0 unspecified atom stereocenters. The van der Waals surface area contributed by atoms with Crippen LogP contribution in [0.3, 0.4) is 0 Å². The highest BCUT2D eigenvalue weighted by Crippen LogP contribution is 2.33. The van der Waals surface area contributed by atoms with Gasteiger partial charge in [0.25, 0.3) is 0 Å². The van der Waals surface area contributed by atoms with E-state index in [1.807, 2.05) is 12.1 Å². The maximum atomic E-state index is 6.10. The van der Waals surface area contributed by atoms with E-state index in [4.69, 9.17) is 11.6 Å². The molecule has 15 heavy (non-hydrogen) atoms. The summed E-state index contributed by atoms with van der Waals surface area (Å²) in [7, 11) is 0. The van der Waals surface area contributed by atoms with Crippen molar-refractivity contribution in [1.29, 1.82) is 0 Å². The van der Waals surface area contributed by atoms with Gasteiger partial charge < -0.3 is 5.32 Å². The quantitative estimate of drug-likeness (QED) is 0.901. The normalized spacial score (nSPS) is 10.9. The van der Waals surface area contributed by atoms with E-state index in [-0.39, 0.29) is 0 Å². The van der Waals surface area contributed by atoms with E-state index in [1.54, 1.807) is 11.3 Å². The number of nitrogens with zero attached hydrogens (tertiary/aromatic N) is 1. The van der Waals surface area contributed by atoms with Crippen LogP contribution < -0.4 is 5.32 Å². The van der Waals surface area contributed by atoms with Crippen molar-refractivity contribution in [2.45, 2.75) is 13.3 Å². The van der Waals surface area contributed by atoms with Crippen molar-refractivity contribution < 1.29 is 0 Å².